The second-order valence-corrected chi connectivity index (χ2v) is 5.14. The molecule has 0 aromatic carbocycles. The summed E-state index contributed by atoms with van der Waals surface area (Å²) in [5.41, 5.74) is 0. The maximum Gasteiger partial charge on any atom is 0.238 e. The first-order chi connectivity index (χ1) is 7.49. The van der Waals surface area contributed by atoms with Gasteiger partial charge in [-0.05, 0) is 11.8 Å². The van der Waals surface area contributed by atoms with E-state index in [2.05, 4.69) is 33.0 Å². The van der Waals surface area contributed by atoms with Crippen LogP contribution in [-0.2, 0) is 9.53 Å². The van der Waals surface area contributed by atoms with Gasteiger partial charge in [-0.15, -0.1) is 0 Å². The number of rotatable bonds is 5. The van der Waals surface area contributed by atoms with Gasteiger partial charge in [0.2, 0.25) is 5.91 Å². The Hall–Kier alpha value is -0.610. The molecule has 0 spiro atoms. The molecule has 0 aliphatic carbocycles. The Kier molecular flexibility index (Phi) is 4.74. The minimum Gasteiger partial charge on any atom is -0.383 e. The predicted octanol–water partition coefficient (Wildman–Crippen LogP) is 1.07. The van der Waals surface area contributed by atoms with Crippen LogP contribution in [-0.4, -0.2) is 43.3 Å². The van der Waals surface area contributed by atoms with Gasteiger partial charge >= 0.3 is 0 Å². The van der Waals surface area contributed by atoms with Crippen molar-refractivity contribution in [3.8, 4) is 0 Å². The van der Waals surface area contributed by atoms with E-state index in [1.807, 2.05) is 4.90 Å². The van der Waals surface area contributed by atoms with Crippen molar-refractivity contribution in [1.82, 2.24) is 10.2 Å². The SMILES string of the molecule is COCC(C(C)C)N1C(=O)CNC1C(C)C. The Morgan fingerprint density at radius 3 is 2.50 bits per heavy atom. The van der Waals surface area contributed by atoms with Gasteiger partial charge in [0.25, 0.3) is 0 Å². The molecule has 1 amide bonds. The Morgan fingerprint density at radius 2 is 2.06 bits per heavy atom. The molecule has 1 N–H and O–H groups in total. The van der Waals surface area contributed by atoms with E-state index in [1.54, 1.807) is 7.11 Å². The van der Waals surface area contributed by atoms with E-state index in [4.69, 9.17) is 4.74 Å². The van der Waals surface area contributed by atoms with Crippen LogP contribution in [0.15, 0.2) is 0 Å². The number of nitrogens with one attached hydrogen (secondary N) is 1. The topological polar surface area (TPSA) is 41.6 Å². The molecule has 1 saturated heterocycles. The second kappa shape index (κ2) is 5.64. The van der Waals surface area contributed by atoms with Crippen LogP contribution in [0.1, 0.15) is 27.7 Å². The van der Waals surface area contributed by atoms with Crippen LogP contribution in [0.5, 0.6) is 0 Å². The summed E-state index contributed by atoms with van der Waals surface area (Å²) >= 11 is 0. The molecule has 2 atom stereocenters. The summed E-state index contributed by atoms with van der Waals surface area (Å²) < 4.78 is 5.23. The quantitative estimate of drug-likeness (QED) is 0.765. The van der Waals surface area contributed by atoms with Crippen molar-refractivity contribution >= 4 is 5.91 Å². The third-order valence-electron chi connectivity index (χ3n) is 3.15. The van der Waals surface area contributed by atoms with Crippen molar-refractivity contribution in [2.24, 2.45) is 11.8 Å². The molecule has 0 bridgehead atoms. The molecule has 0 radical (unpaired) electrons. The van der Waals surface area contributed by atoms with Crippen molar-refractivity contribution in [1.29, 1.82) is 0 Å². The number of nitrogens with zero attached hydrogens (tertiary/aromatic N) is 1. The Labute approximate surface area is 98.3 Å². The van der Waals surface area contributed by atoms with E-state index in [1.165, 1.54) is 0 Å². The second-order valence-electron chi connectivity index (χ2n) is 5.14. The lowest BCUT2D eigenvalue weighted by Crippen LogP contribution is -2.51. The highest BCUT2D eigenvalue weighted by Gasteiger charge is 2.38. The maximum atomic E-state index is 11.9. The van der Waals surface area contributed by atoms with Crippen molar-refractivity contribution in [3.05, 3.63) is 0 Å². The lowest BCUT2D eigenvalue weighted by atomic mass is 10.0. The van der Waals surface area contributed by atoms with Crippen LogP contribution in [0.2, 0.25) is 0 Å². The number of ether oxygens (including phenoxy) is 1. The molecular weight excluding hydrogens is 204 g/mol. The molecule has 4 nitrogen and oxygen atoms in total. The van der Waals surface area contributed by atoms with Gasteiger partial charge < -0.3 is 9.64 Å². The molecule has 1 rings (SSSR count). The van der Waals surface area contributed by atoms with Crippen molar-refractivity contribution in [3.63, 3.8) is 0 Å². The van der Waals surface area contributed by atoms with Gasteiger partial charge in [-0.25, -0.2) is 0 Å². The first-order valence-electron chi connectivity index (χ1n) is 6.02. The molecule has 4 heteroatoms. The average Bonchev–Trinajstić information content (AvgIpc) is 2.56. The molecule has 0 aromatic heterocycles. The number of carbonyl (C=O) groups excluding carboxylic acids is 1. The highest BCUT2D eigenvalue weighted by Crippen LogP contribution is 2.21. The van der Waals surface area contributed by atoms with Crippen LogP contribution in [0.3, 0.4) is 0 Å². The highest BCUT2D eigenvalue weighted by atomic mass is 16.5. The summed E-state index contributed by atoms with van der Waals surface area (Å²) in [5, 5.41) is 3.27. The summed E-state index contributed by atoms with van der Waals surface area (Å²) in [6.45, 7) is 9.59. The summed E-state index contributed by atoms with van der Waals surface area (Å²) in [6, 6.07) is 0.167. The summed E-state index contributed by atoms with van der Waals surface area (Å²) in [6.07, 6.45) is 0.148. The fourth-order valence-corrected chi connectivity index (χ4v) is 2.25. The van der Waals surface area contributed by atoms with E-state index >= 15 is 0 Å². The van der Waals surface area contributed by atoms with Gasteiger partial charge in [0, 0.05) is 7.11 Å². The van der Waals surface area contributed by atoms with E-state index in [-0.39, 0.29) is 18.1 Å². The first kappa shape index (κ1) is 13.5. The molecule has 1 fully saturated rings. The van der Waals surface area contributed by atoms with Crippen LogP contribution in [0, 0.1) is 11.8 Å². The van der Waals surface area contributed by atoms with Gasteiger partial charge in [-0.2, -0.15) is 0 Å². The minimum absolute atomic E-state index is 0.148. The Balaban J connectivity index is 2.82. The van der Waals surface area contributed by atoms with Crippen LogP contribution < -0.4 is 5.32 Å². The van der Waals surface area contributed by atoms with Gasteiger partial charge in [-0.3, -0.25) is 10.1 Å². The van der Waals surface area contributed by atoms with Crippen molar-refractivity contribution in [2.45, 2.75) is 39.9 Å². The van der Waals surface area contributed by atoms with E-state index in [9.17, 15) is 4.79 Å². The average molecular weight is 228 g/mol. The zero-order valence-electron chi connectivity index (χ0n) is 11.0. The van der Waals surface area contributed by atoms with Gasteiger partial charge in [0.05, 0.1) is 25.4 Å². The third kappa shape index (κ3) is 2.74. The van der Waals surface area contributed by atoms with E-state index in [0.29, 0.717) is 25.0 Å². The van der Waals surface area contributed by atoms with Crippen LogP contribution >= 0.6 is 0 Å². The monoisotopic (exact) mass is 228 g/mol. The highest BCUT2D eigenvalue weighted by molar-refractivity contribution is 5.81. The molecule has 1 aliphatic rings. The Morgan fingerprint density at radius 1 is 1.44 bits per heavy atom. The number of amides is 1. The van der Waals surface area contributed by atoms with Crippen LogP contribution in [0.25, 0.3) is 0 Å². The zero-order chi connectivity index (χ0) is 12.3. The summed E-state index contributed by atoms with van der Waals surface area (Å²) in [7, 11) is 1.69. The predicted molar refractivity (Wildman–Crippen MR) is 64.0 cm³/mol. The Bertz CT molecular complexity index is 241. The minimum atomic E-state index is 0.148. The summed E-state index contributed by atoms with van der Waals surface area (Å²) in [4.78, 5) is 13.9. The first-order valence-corrected chi connectivity index (χ1v) is 6.02. The van der Waals surface area contributed by atoms with Crippen molar-refractivity contribution in [2.75, 3.05) is 20.3 Å². The fraction of sp³-hybridized carbons (Fsp3) is 0.917. The smallest absolute Gasteiger partial charge is 0.238 e. The molecule has 1 aliphatic heterocycles. The molecule has 1 heterocycles. The fourth-order valence-electron chi connectivity index (χ4n) is 2.25. The number of hydrogen-bond acceptors (Lipinski definition) is 3. The van der Waals surface area contributed by atoms with Gasteiger partial charge in [0.1, 0.15) is 0 Å². The molecule has 0 saturated carbocycles. The number of hydrogen-bond donors (Lipinski definition) is 1. The maximum absolute atomic E-state index is 11.9. The van der Waals surface area contributed by atoms with Gasteiger partial charge in [0.15, 0.2) is 0 Å². The normalized spacial score (nSPS) is 23.6. The summed E-state index contributed by atoms with van der Waals surface area (Å²) in [5.74, 6) is 1.02. The van der Waals surface area contributed by atoms with E-state index in [0.717, 1.165) is 0 Å². The molecule has 16 heavy (non-hydrogen) atoms. The number of methoxy groups -OCH3 is 1. The molecular formula is C12H24N2O2. The zero-order valence-corrected chi connectivity index (χ0v) is 11.0. The van der Waals surface area contributed by atoms with Crippen molar-refractivity contribution < 1.29 is 9.53 Å². The van der Waals surface area contributed by atoms with Crippen LogP contribution in [0.4, 0.5) is 0 Å². The number of carbonyl (C=O) groups is 1. The lowest BCUT2D eigenvalue weighted by Gasteiger charge is -2.36. The largest absolute Gasteiger partial charge is 0.383 e. The van der Waals surface area contributed by atoms with E-state index < -0.39 is 0 Å². The standard InChI is InChI=1S/C12H24N2O2/c1-8(2)10(7-16-5)14-11(15)6-13-12(14)9(3)4/h8-10,12-13H,6-7H2,1-5H3. The lowest BCUT2D eigenvalue weighted by molar-refractivity contribution is -0.133. The third-order valence-corrected chi connectivity index (χ3v) is 3.15. The molecule has 2 unspecified atom stereocenters. The van der Waals surface area contributed by atoms with Gasteiger partial charge in [-0.1, -0.05) is 27.7 Å². The molecule has 0 aromatic rings. The molecule has 94 valence electrons.